The molecule has 0 aliphatic heterocycles. The predicted octanol–water partition coefficient (Wildman–Crippen LogP) is 2.24. The van der Waals surface area contributed by atoms with E-state index in [0.717, 1.165) is 13.1 Å². The lowest BCUT2D eigenvalue weighted by Crippen LogP contribution is -2.09. The third kappa shape index (κ3) is 2.08. The van der Waals surface area contributed by atoms with E-state index < -0.39 is 11.6 Å². The van der Waals surface area contributed by atoms with E-state index in [-0.39, 0.29) is 5.15 Å². The van der Waals surface area contributed by atoms with E-state index in [0.29, 0.717) is 0 Å². The summed E-state index contributed by atoms with van der Waals surface area (Å²) >= 11 is 5.34. The second-order valence-corrected chi connectivity index (χ2v) is 2.50. The second kappa shape index (κ2) is 2.70. The van der Waals surface area contributed by atoms with Crippen molar-refractivity contribution < 1.29 is 8.78 Å². The van der Waals surface area contributed by atoms with Crippen molar-refractivity contribution in [2.24, 2.45) is 0 Å². The van der Waals surface area contributed by atoms with Crippen molar-refractivity contribution in [3.05, 3.63) is 23.2 Å². The Labute approximate surface area is 67.2 Å². The summed E-state index contributed by atoms with van der Waals surface area (Å²) in [6, 6.07) is 0. The van der Waals surface area contributed by atoms with E-state index in [1.807, 2.05) is 0 Å². The summed E-state index contributed by atoms with van der Waals surface area (Å²) in [6.45, 7) is 0.743. The molecule has 0 atom stereocenters. The summed E-state index contributed by atoms with van der Waals surface area (Å²) in [6.07, 6.45) is 2.20. The zero-order valence-corrected chi connectivity index (χ0v) is 6.44. The standard InChI is InChI=1S/C6H5ClF2N2/c1-6(8,9)4-2-10-3-5(7)11-4/h2-3H,1H3. The van der Waals surface area contributed by atoms with Crippen molar-refractivity contribution in [3.8, 4) is 0 Å². The number of rotatable bonds is 1. The number of alkyl halides is 2. The Morgan fingerprint density at radius 1 is 1.45 bits per heavy atom. The highest BCUT2D eigenvalue weighted by Gasteiger charge is 2.26. The third-order valence-corrected chi connectivity index (χ3v) is 1.24. The van der Waals surface area contributed by atoms with Gasteiger partial charge in [-0.25, -0.2) is 4.98 Å². The van der Waals surface area contributed by atoms with Crippen LogP contribution >= 0.6 is 11.6 Å². The summed E-state index contributed by atoms with van der Waals surface area (Å²) < 4.78 is 24.9. The van der Waals surface area contributed by atoms with Crippen LogP contribution in [0.25, 0.3) is 0 Å². The molecule has 0 aromatic carbocycles. The number of hydrogen-bond acceptors (Lipinski definition) is 2. The molecule has 11 heavy (non-hydrogen) atoms. The van der Waals surface area contributed by atoms with Gasteiger partial charge in [-0.3, -0.25) is 4.98 Å². The second-order valence-electron chi connectivity index (χ2n) is 2.12. The lowest BCUT2D eigenvalue weighted by atomic mass is 10.3. The van der Waals surface area contributed by atoms with Crippen molar-refractivity contribution in [1.29, 1.82) is 0 Å². The molecule has 0 amide bonds. The van der Waals surface area contributed by atoms with Gasteiger partial charge in [0.25, 0.3) is 5.92 Å². The number of halogens is 3. The average Bonchev–Trinajstić information content (AvgIpc) is 1.86. The van der Waals surface area contributed by atoms with E-state index in [1.54, 1.807) is 0 Å². The quantitative estimate of drug-likeness (QED) is 0.659. The maximum absolute atomic E-state index is 12.5. The summed E-state index contributed by atoms with van der Waals surface area (Å²) in [5.74, 6) is -2.97. The van der Waals surface area contributed by atoms with Gasteiger partial charge >= 0.3 is 0 Å². The van der Waals surface area contributed by atoms with Gasteiger partial charge in [0.05, 0.1) is 12.4 Å². The van der Waals surface area contributed by atoms with Crippen molar-refractivity contribution in [2.45, 2.75) is 12.8 Å². The fourth-order valence-electron chi connectivity index (χ4n) is 0.554. The third-order valence-electron chi connectivity index (χ3n) is 1.05. The first-order valence-corrected chi connectivity index (χ1v) is 3.24. The Hall–Kier alpha value is -0.770. The monoisotopic (exact) mass is 178 g/mol. The van der Waals surface area contributed by atoms with Crippen molar-refractivity contribution in [3.63, 3.8) is 0 Å². The lowest BCUT2D eigenvalue weighted by Gasteiger charge is -2.07. The van der Waals surface area contributed by atoms with E-state index in [1.165, 1.54) is 6.20 Å². The largest absolute Gasteiger partial charge is 0.288 e. The molecule has 2 nitrogen and oxygen atoms in total. The minimum Gasteiger partial charge on any atom is -0.259 e. The van der Waals surface area contributed by atoms with Crippen LogP contribution in [-0.4, -0.2) is 9.97 Å². The summed E-state index contributed by atoms with van der Waals surface area (Å²) in [7, 11) is 0. The molecule has 1 aromatic rings. The molecule has 0 spiro atoms. The molecular formula is C6H5ClF2N2. The molecule has 0 saturated heterocycles. The smallest absolute Gasteiger partial charge is 0.259 e. The van der Waals surface area contributed by atoms with Crippen LogP contribution < -0.4 is 0 Å². The van der Waals surface area contributed by atoms with Gasteiger partial charge in [-0.15, -0.1) is 0 Å². The van der Waals surface area contributed by atoms with Gasteiger partial charge < -0.3 is 0 Å². The molecule has 0 N–H and O–H groups in total. The topological polar surface area (TPSA) is 25.8 Å². The van der Waals surface area contributed by atoms with Gasteiger partial charge in [-0.05, 0) is 0 Å². The van der Waals surface area contributed by atoms with Gasteiger partial charge in [0.15, 0.2) is 0 Å². The van der Waals surface area contributed by atoms with Crippen LogP contribution in [0.3, 0.4) is 0 Å². The number of aromatic nitrogens is 2. The zero-order chi connectivity index (χ0) is 8.48. The Bertz CT molecular complexity index is 259. The van der Waals surface area contributed by atoms with Crippen LogP contribution in [0.2, 0.25) is 5.15 Å². The Morgan fingerprint density at radius 2 is 2.09 bits per heavy atom. The van der Waals surface area contributed by atoms with Gasteiger partial charge in [0.2, 0.25) is 0 Å². The molecule has 0 radical (unpaired) electrons. The first kappa shape index (κ1) is 8.33. The summed E-state index contributed by atoms with van der Waals surface area (Å²) in [4.78, 5) is 6.87. The molecule has 1 heterocycles. The maximum atomic E-state index is 12.5. The fraction of sp³-hybridized carbons (Fsp3) is 0.333. The van der Waals surface area contributed by atoms with E-state index in [4.69, 9.17) is 11.6 Å². The molecule has 60 valence electrons. The van der Waals surface area contributed by atoms with Crippen LogP contribution in [0.1, 0.15) is 12.6 Å². The predicted molar refractivity (Wildman–Crippen MR) is 36.6 cm³/mol. The molecule has 0 fully saturated rings. The molecule has 0 saturated carbocycles. The number of nitrogens with zero attached hydrogens (tertiary/aromatic N) is 2. The molecule has 0 bridgehead atoms. The Balaban J connectivity index is 3.06. The minimum atomic E-state index is -2.97. The van der Waals surface area contributed by atoms with Gasteiger partial charge in [-0.2, -0.15) is 8.78 Å². The van der Waals surface area contributed by atoms with Crippen LogP contribution in [-0.2, 0) is 5.92 Å². The lowest BCUT2D eigenvalue weighted by molar-refractivity contribution is 0.0124. The van der Waals surface area contributed by atoms with Crippen LogP contribution in [0, 0.1) is 0 Å². The number of hydrogen-bond donors (Lipinski definition) is 0. The Morgan fingerprint density at radius 3 is 2.45 bits per heavy atom. The summed E-state index contributed by atoms with van der Waals surface area (Å²) in [5, 5.41) is -0.0241. The molecule has 5 heteroatoms. The molecule has 1 aromatic heterocycles. The molecule has 0 unspecified atom stereocenters. The van der Waals surface area contributed by atoms with Crippen molar-refractivity contribution >= 4 is 11.6 Å². The van der Waals surface area contributed by atoms with Gasteiger partial charge in [0, 0.05) is 6.92 Å². The van der Waals surface area contributed by atoms with Crippen LogP contribution in [0.15, 0.2) is 12.4 Å². The van der Waals surface area contributed by atoms with Gasteiger partial charge in [0.1, 0.15) is 10.8 Å². The van der Waals surface area contributed by atoms with Crippen LogP contribution in [0.5, 0.6) is 0 Å². The molecule has 0 aliphatic carbocycles. The maximum Gasteiger partial charge on any atom is 0.288 e. The molecule has 1 rings (SSSR count). The highest BCUT2D eigenvalue weighted by atomic mass is 35.5. The zero-order valence-electron chi connectivity index (χ0n) is 5.68. The summed E-state index contributed by atoms with van der Waals surface area (Å²) in [5.41, 5.74) is -0.412. The Kier molecular flexibility index (Phi) is 2.04. The highest BCUT2D eigenvalue weighted by Crippen LogP contribution is 2.24. The normalized spacial score (nSPS) is 11.6. The van der Waals surface area contributed by atoms with Crippen molar-refractivity contribution in [1.82, 2.24) is 9.97 Å². The van der Waals surface area contributed by atoms with E-state index in [2.05, 4.69) is 9.97 Å². The molecule has 0 aliphatic rings. The first-order chi connectivity index (χ1) is 5.00. The average molecular weight is 179 g/mol. The van der Waals surface area contributed by atoms with Gasteiger partial charge in [-0.1, -0.05) is 11.6 Å². The van der Waals surface area contributed by atoms with Crippen LogP contribution in [0.4, 0.5) is 8.78 Å². The minimum absolute atomic E-state index is 0.0241. The van der Waals surface area contributed by atoms with Crippen molar-refractivity contribution in [2.75, 3.05) is 0 Å². The SMILES string of the molecule is CC(F)(F)c1cncc(Cl)n1. The molecular weight excluding hydrogens is 174 g/mol. The fourth-order valence-corrected chi connectivity index (χ4v) is 0.701. The highest BCUT2D eigenvalue weighted by molar-refractivity contribution is 6.29. The first-order valence-electron chi connectivity index (χ1n) is 2.86. The van der Waals surface area contributed by atoms with E-state index >= 15 is 0 Å². The van der Waals surface area contributed by atoms with E-state index in [9.17, 15) is 8.78 Å².